The summed E-state index contributed by atoms with van der Waals surface area (Å²) in [6.45, 7) is 1.32. The molecule has 0 rings (SSSR count). The lowest BCUT2D eigenvalue weighted by Crippen LogP contribution is -1.90. The third kappa shape index (κ3) is 3.76. The van der Waals surface area contributed by atoms with Gasteiger partial charge in [-0.1, -0.05) is 0 Å². The van der Waals surface area contributed by atoms with E-state index in [0.717, 1.165) is 6.08 Å². The van der Waals surface area contributed by atoms with Crippen LogP contribution in [0.3, 0.4) is 0 Å². The average Bonchev–Trinajstić information content (AvgIpc) is 1.65. The normalized spacial score (nSPS) is 15.6. The Bertz CT molecular complexity index is 122. The first-order chi connectivity index (χ1) is 3.66. The van der Waals surface area contributed by atoms with Crippen LogP contribution >= 0.6 is 0 Å². The zero-order chi connectivity index (χ0) is 6.57. The Morgan fingerprint density at radius 1 is 2.00 bits per heavy atom. The van der Waals surface area contributed by atoms with Crippen LogP contribution in [0.4, 0.5) is 4.39 Å². The standard InChI is InChI=1S/C3H5FO3S/c1-2-3(4)7-8(5)6/h2H,1H3,(H,5,6)/p-1. The van der Waals surface area contributed by atoms with Crippen LogP contribution in [0.2, 0.25) is 0 Å². The maximum atomic E-state index is 11.6. The van der Waals surface area contributed by atoms with E-state index >= 15 is 0 Å². The Morgan fingerprint density at radius 2 is 2.50 bits per heavy atom. The summed E-state index contributed by atoms with van der Waals surface area (Å²) in [4.78, 5) is 0. The molecule has 0 aromatic carbocycles. The van der Waals surface area contributed by atoms with Gasteiger partial charge in [0.05, 0.1) is 0 Å². The Kier molecular flexibility index (Phi) is 3.38. The van der Waals surface area contributed by atoms with Gasteiger partial charge in [0, 0.05) is 0 Å². The van der Waals surface area contributed by atoms with E-state index in [2.05, 4.69) is 4.18 Å². The molecule has 0 aliphatic heterocycles. The molecule has 0 aromatic heterocycles. The van der Waals surface area contributed by atoms with Gasteiger partial charge in [-0.15, -0.1) is 0 Å². The average molecular weight is 139 g/mol. The SMILES string of the molecule is CC=C(F)OS(=O)[O-]. The molecule has 0 bridgehead atoms. The lowest BCUT2D eigenvalue weighted by molar-refractivity contribution is 0.290. The summed E-state index contributed by atoms with van der Waals surface area (Å²) in [5.41, 5.74) is 0. The molecule has 3 nitrogen and oxygen atoms in total. The fraction of sp³-hybridized carbons (Fsp3) is 0.333. The van der Waals surface area contributed by atoms with Crippen molar-refractivity contribution in [2.24, 2.45) is 0 Å². The van der Waals surface area contributed by atoms with Crippen molar-refractivity contribution in [2.45, 2.75) is 6.92 Å². The van der Waals surface area contributed by atoms with E-state index in [0.29, 0.717) is 0 Å². The Hall–Kier alpha value is -0.420. The van der Waals surface area contributed by atoms with Crippen LogP contribution in [0.15, 0.2) is 12.1 Å². The Labute approximate surface area is 48.6 Å². The molecule has 0 aliphatic carbocycles. The molecule has 0 heterocycles. The summed E-state index contributed by atoms with van der Waals surface area (Å²) < 4.78 is 34.1. The van der Waals surface area contributed by atoms with E-state index in [1.165, 1.54) is 6.92 Å². The third-order valence-electron chi connectivity index (χ3n) is 0.375. The summed E-state index contributed by atoms with van der Waals surface area (Å²) >= 11 is -2.79. The molecule has 0 saturated heterocycles. The van der Waals surface area contributed by atoms with E-state index in [1.807, 2.05) is 0 Å². The van der Waals surface area contributed by atoms with Crippen molar-refractivity contribution >= 4 is 11.4 Å². The molecule has 8 heavy (non-hydrogen) atoms. The molecule has 0 aromatic rings. The molecule has 1 atom stereocenters. The van der Waals surface area contributed by atoms with E-state index in [4.69, 9.17) is 0 Å². The maximum Gasteiger partial charge on any atom is 0.282 e. The molecule has 0 fully saturated rings. The Balaban J connectivity index is 3.56. The predicted molar refractivity (Wildman–Crippen MR) is 24.9 cm³/mol. The van der Waals surface area contributed by atoms with Crippen LogP contribution in [0.1, 0.15) is 6.92 Å². The molecular weight excluding hydrogens is 135 g/mol. The molecule has 48 valence electrons. The highest BCUT2D eigenvalue weighted by Crippen LogP contribution is 1.98. The fourth-order valence-corrected chi connectivity index (χ4v) is 0.339. The quantitative estimate of drug-likeness (QED) is 0.416. The van der Waals surface area contributed by atoms with Crippen LogP contribution in [-0.4, -0.2) is 8.76 Å². The van der Waals surface area contributed by atoms with Gasteiger partial charge in [0.1, 0.15) is 11.4 Å². The highest BCUT2D eigenvalue weighted by Gasteiger charge is 1.88. The number of rotatable bonds is 2. The second-order valence-electron chi connectivity index (χ2n) is 0.880. The summed E-state index contributed by atoms with van der Waals surface area (Å²) in [7, 11) is 0. The number of hydrogen-bond donors (Lipinski definition) is 0. The van der Waals surface area contributed by atoms with Crippen molar-refractivity contribution < 1.29 is 17.3 Å². The highest BCUT2D eigenvalue weighted by atomic mass is 32.2. The van der Waals surface area contributed by atoms with Crippen LogP contribution < -0.4 is 0 Å². The minimum absolute atomic E-state index is 0.899. The van der Waals surface area contributed by atoms with Gasteiger partial charge in [-0.3, -0.25) is 0 Å². The summed E-state index contributed by atoms with van der Waals surface area (Å²) in [5.74, 6) is 0. The third-order valence-corrected chi connectivity index (χ3v) is 0.670. The molecule has 0 aliphatic rings. The molecule has 0 spiro atoms. The van der Waals surface area contributed by atoms with Crippen molar-refractivity contribution in [3.05, 3.63) is 12.1 Å². The number of hydrogen-bond acceptors (Lipinski definition) is 3. The van der Waals surface area contributed by atoms with Gasteiger partial charge in [-0.2, -0.15) is 4.39 Å². The molecule has 0 saturated carbocycles. The van der Waals surface area contributed by atoms with Crippen LogP contribution in [0.25, 0.3) is 0 Å². The van der Waals surface area contributed by atoms with E-state index in [-0.39, 0.29) is 0 Å². The zero-order valence-corrected chi connectivity index (χ0v) is 4.90. The van der Waals surface area contributed by atoms with Crippen molar-refractivity contribution in [1.29, 1.82) is 0 Å². The van der Waals surface area contributed by atoms with Gasteiger partial charge in [-0.05, 0) is 13.0 Å². The topological polar surface area (TPSA) is 49.4 Å². The van der Waals surface area contributed by atoms with Gasteiger partial charge >= 0.3 is 0 Å². The highest BCUT2D eigenvalue weighted by molar-refractivity contribution is 7.74. The molecule has 0 radical (unpaired) electrons. The van der Waals surface area contributed by atoms with Crippen molar-refractivity contribution in [3.8, 4) is 0 Å². The first-order valence-corrected chi connectivity index (χ1v) is 2.76. The smallest absolute Gasteiger partial charge is 0.282 e. The van der Waals surface area contributed by atoms with Crippen LogP contribution in [-0.2, 0) is 15.5 Å². The van der Waals surface area contributed by atoms with Crippen molar-refractivity contribution in [3.63, 3.8) is 0 Å². The summed E-state index contributed by atoms with van der Waals surface area (Å²) in [5, 5.41) is 0. The van der Waals surface area contributed by atoms with E-state index < -0.39 is 17.4 Å². The molecular formula is C3H4FO3S-. The number of halogens is 1. The largest absolute Gasteiger partial charge is 0.740 e. The zero-order valence-electron chi connectivity index (χ0n) is 4.09. The van der Waals surface area contributed by atoms with Crippen LogP contribution in [0.5, 0.6) is 0 Å². The monoisotopic (exact) mass is 139 g/mol. The minimum atomic E-state index is -2.79. The summed E-state index contributed by atoms with van der Waals surface area (Å²) in [6, 6.07) is -1.11. The Morgan fingerprint density at radius 3 is 2.62 bits per heavy atom. The second kappa shape index (κ2) is 3.57. The van der Waals surface area contributed by atoms with E-state index in [9.17, 15) is 13.2 Å². The lowest BCUT2D eigenvalue weighted by Gasteiger charge is -2.01. The van der Waals surface area contributed by atoms with E-state index in [1.54, 1.807) is 0 Å². The first-order valence-electron chi connectivity index (χ1n) is 1.76. The molecule has 1 unspecified atom stereocenters. The summed E-state index contributed by atoms with van der Waals surface area (Å²) in [6.07, 6.45) is 0.899. The molecule has 5 heteroatoms. The van der Waals surface area contributed by atoms with Crippen LogP contribution in [0, 0.1) is 0 Å². The lowest BCUT2D eigenvalue weighted by atomic mass is 10.7. The number of allylic oxidation sites excluding steroid dienone is 1. The van der Waals surface area contributed by atoms with Gasteiger partial charge in [0.2, 0.25) is 0 Å². The molecule has 0 amide bonds. The van der Waals surface area contributed by atoms with Gasteiger partial charge in [-0.25, -0.2) is 4.21 Å². The maximum absolute atomic E-state index is 11.6. The van der Waals surface area contributed by atoms with Gasteiger partial charge < -0.3 is 8.74 Å². The van der Waals surface area contributed by atoms with Crippen molar-refractivity contribution in [2.75, 3.05) is 0 Å². The van der Waals surface area contributed by atoms with Gasteiger partial charge in [0.25, 0.3) is 6.01 Å². The minimum Gasteiger partial charge on any atom is -0.740 e. The fourth-order valence-electron chi connectivity index (χ4n) is 0.113. The molecule has 0 N–H and O–H groups in total. The van der Waals surface area contributed by atoms with Gasteiger partial charge in [0.15, 0.2) is 0 Å². The first kappa shape index (κ1) is 7.58. The predicted octanol–water partition coefficient (Wildman–Crippen LogP) is 0.628. The van der Waals surface area contributed by atoms with Crippen molar-refractivity contribution in [1.82, 2.24) is 0 Å². The second-order valence-corrected chi connectivity index (χ2v) is 1.46.